The maximum absolute atomic E-state index is 5.47. The number of nitrogens with zero attached hydrogens (tertiary/aromatic N) is 3. The standard InChI is InChI=1S/C34H26BrN3S/c35-29-21-11-10-20-28(29)32-24-34(26-16-6-2-7-17-26)37(30-22-12-13-23-31(30)39-32)33(25-14-4-1-5-15-25)36-38(34)27-18-8-3-9-19-27/h1-23,32H,24H2/t32-,34+/m1/s1. The molecular weight excluding hydrogens is 562 g/mol. The predicted octanol–water partition coefficient (Wildman–Crippen LogP) is 9.23. The van der Waals surface area contributed by atoms with E-state index in [1.54, 1.807) is 0 Å². The molecule has 0 aliphatic carbocycles. The molecule has 2 aliphatic heterocycles. The van der Waals surface area contributed by atoms with E-state index in [0.717, 1.165) is 28.0 Å². The van der Waals surface area contributed by atoms with Crippen molar-refractivity contribution in [3.63, 3.8) is 0 Å². The van der Waals surface area contributed by atoms with E-state index >= 15 is 0 Å². The number of anilines is 2. The molecule has 0 N–H and O–H groups in total. The molecule has 5 aromatic rings. The smallest absolute Gasteiger partial charge is 0.167 e. The summed E-state index contributed by atoms with van der Waals surface area (Å²) < 4.78 is 1.13. The minimum atomic E-state index is -0.604. The fraction of sp³-hybridized carbons (Fsp3) is 0.0882. The van der Waals surface area contributed by atoms with Crippen molar-refractivity contribution in [1.82, 2.24) is 0 Å². The Bertz CT molecular complexity index is 1640. The van der Waals surface area contributed by atoms with Gasteiger partial charge in [-0.1, -0.05) is 125 Å². The summed E-state index contributed by atoms with van der Waals surface area (Å²) in [4.78, 5) is 3.73. The van der Waals surface area contributed by atoms with Crippen LogP contribution < -0.4 is 9.91 Å². The molecule has 0 bridgehead atoms. The maximum atomic E-state index is 5.47. The van der Waals surface area contributed by atoms with Crippen molar-refractivity contribution >= 4 is 44.9 Å². The molecule has 39 heavy (non-hydrogen) atoms. The minimum Gasteiger partial charge on any atom is -0.294 e. The van der Waals surface area contributed by atoms with Gasteiger partial charge in [0.25, 0.3) is 0 Å². The van der Waals surface area contributed by atoms with Crippen LogP contribution in [-0.4, -0.2) is 5.84 Å². The van der Waals surface area contributed by atoms with Crippen molar-refractivity contribution in [3.05, 3.63) is 161 Å². The number of benzene rings is 5. The van der Waals surface area contributed by atoms with E-state index in [-0.39, 0.29) is 5.25 Å². The summed E-state index contributed by atoms with van der Waals surface area (Å²) in [6.07, 6.45) is 0.813. The molecule has 0 fully saturated rings. The molecule has 0 aromatic heterocycles. The van der Waals surface area contributed by atoms with Crippen LogP contribution in [0.15, 0.2) is 154 Å². The van der Waals surface area contributed by atoms with Crippen LogP contribution in [0.4, 0.5) is 11.4 Å². The molecule has 0 amide bonds. The van der Waals surface area contributed by atoms with Gasteiger partial charge in [0.15, 0.2) is 11.5 Å². The zero-order valence-electron chi connectivity index (χ0n) is 21.2. The molecule has 0 saturated heterocycles. The Morgan fingerprint density at radius 3 is 2.05 bits per heavy atom. The van der Waals surface area contributed by atoms with Gasteiger partial charge < -0.3 is 0 Å². The third kappa shape index (κ3) is 4.08. The van der Waals surface area contributed by atoms with E-state index < -0.39 is 5.66 Å². The van der Waals surface area contributed by atoms with E-state index in [4.69, 9.17) is 5.10 Å². The van der Waals surface area contributed by atoms with E-state index in [1.165, 1.54) is 21.7 Å². The highest BCUT2D eigenvalue weighted by Gasteiger charge is 2.55. The Hall–Kier alpha value is -3.80. The topological polar surface area (TPSA) is 18.8 Å². The number of para-hydroxylation sites is 2. The van der Waals surface area contributed by atoms with Crippen LogP contribution in [0.25, 0.3) is 0 Å². The Balaban J connectivity index is 1.56. The van der Waals surface area contributed by atoms with Gasteiger partial charge in [-0.05, 0) is 35.9 Å². The Morgan fingerprint density at radius 1 is 0.692 bits per heavy atom. The normalized spacial score (nSPS) is 20.1. The molecule has 5 aromatic carbocycles. The molecule has 3 nitrogen and oxygen atoms in total. The Labute approximate surface area is 241 Å². The molecule has 0 spiro atoms. The van der Waals surface area contributed by atoms with Crippen LogP contribution in [0.2, 0.25) is 0 Å². The molecule has 2 aliphatic rings. The van der Waals surface area contributed by atoms with Gasteiger partial charge in [0.05, 0.1) is 11.4 Å². The first-order valence-electron chi connectivity index (χ1n) is 13.1. The highest BCUT2D eigenvalue weighted by molar-refractivity contribution is 9.10. The summed E-state index contributed by atoms with van der Waals surface area (Å²) in [5.74, 6) is 0.948. The second-order valence-electron chi connectivity index (χ2n) is 9.75. The minimum absolute atomic E-state index is 0.170. The number of amidine groups is 1. The van der Waals surface area contributed by atoms with Gasteiger partial charge in [0.2, 0.25) is 0 Å². The highest BCUT2D eigenvalue weighted by Crippen LogP contribution is 2.58. The summed E-state index contributed by atoms with van der Waals surface area (Å²) in [5, 5.41) is 7.90. The fourth-order valence-electron chi connectivity index (χ4n) is 5.78. The van der Waals surface area contributed by atoms with Crippen LogP contribution in [0, 0.1) is 0 Å². The number of hydrogen-bond acceptors (Lipinski definition) is 4. The molecule has 0 saturated carbocycles. The van der Waals surface area contributed by atoms with Gasteiger partial charge in [0, 0.05) is 32.2 Å². The molecule has 2 heterocycles. The van der Waals surface area contributed by atoms with Gasteiger partial charge in [-0.2, -0.15) is 5.10 Å². The van der Waals surface area contributed by atoms with Gasteiger partial charge in [-0.15, -0.1) is 11.8 Å². The van der Waals surface area contributed by atoms with Gasteiger partial charge in [-0.3, -0.25) is 4.90 Å². The number of rotatable bonds is 4. The van der Waals surface area contributed by atoms with Crippen LogP contribution in [0.3, 0.4) is 0 Å². The zero-order chi connectivity index (χ0) is 26.2. The van der Waals surface area contributed by atoms with Gasteiger partial charge in [-0.25, -0.2) is 5.01 Å². The molecule has 190 valence electrons. The number of halogens is 1. The molecule has 2 atom stereocenters. The van der Waals surface area contributed by atoms with E-state index in [1.807, 2.05) is 11.8 Å². The van der Waals surface area contributed by atoms with Crippen LogP contribution >= 0.6 is 27.7 Å². The average Bonchev–Trinajstić information content (AvgIpc) is 3.26. The lowest BCUT2D eigenvalue weighted by atomic mass is 9.88. The number of hydrazone groups is 1. The first-order valence-corrected chi connectivity index (χ1v) is 14.8. The Morgan fingerprint density at radius 2 is 1.31 bits per heavy atom. The lowest BCUT2D eigenvalue weighted by molar-refractivity contribution is 0.407. The van der Waals surface area contributed by atoms with E-state index in [9.17, 15) is 0 Å². The first-order chi connectivity index (χ1) is 19.3. The van der Waals surface area contributed by atoms with Crippen molar-refractivity contribution in [1.29, 1.82) is 0 Å². The quantitative estimate of drug-likeness (QED) is 0.209. The third-order valence-corrected chi connectivity index (χ3v) is 9.52. The summed E-state index contributed by atoms with van der Waals surface area (Å²) in [6.45, 7) is 0. The van der Waals surface area contributed by atoms with Crippen molar-refractivity contribution in [2.24, 2.45) is 5.10 Å². The second kappa shape index (κ2) is 10.1. The third-order valence-electron chi connectivity index (χ3n) is 7.49. The molecule has 5 heteroatoms. The lowest BCUT2D eigenvalue weighted by Gasteiger charge is -2.45. The lowest BCUT2D eigenvalue weighted by Crippen LogP contribution is -2.54. The highest BCUT2D eigenvalue weighted by atomic mass is 79.9. The van der Waals surface area contributed by atoms with Crippen molar-refractivity contribution in [2.45, 2.75) is 22.2 Å². The van der Waals surface area contributed by atoms with Crippen molar-refractivity contribution in [3.8, 4) is 0 Å². The van der Waals surface area contributed by atoms with Crippen molar-refractivity contribution in [2.75, 3.05) is 9.91 Å². The SMILES string of the molecule is Brc1ccccc1[C@H]1C[C@@]2(c3ccccc3)N(c3ccccc3)N=C(c3ccccc3)N2c2ccccc2S1. The van der Waals surface area contributed by atoms with Gasteiger partial charge >= 0.3 is 0 Å². The summed E-state index contributed by atoms with van der Waals surface area (Å²) in [6, 6.07) is 49.4. The van der Waals surface area contributed by atoms with E-state index in [2.05, 4.69) is 165 Å². The van der Waals surface area contributed by atoms with Gasteiger partial charge in [0.1, 0.15) is 0 Å². The predicted molar refractivity (Wildman–Crippen MR) is 166 cm³/mol. The number of hydrogen-bond donors (Lipinski definition) is 0. The largest absolute Gasteiger partial charge is 0.294 e. The molecule has 0 unspecified atom stereocenters. The van der Waals surface area contributed by atoms with E-state index in [0.29, 0.717) is 0 Å². The monoisotopic (exact) mass is 587 g/mol. The molecule has 7 rings (SSSR count). The van der Waals surface area contributed by atoms with Crippen LogP contribution in [0.5, 0.6) is 0 Å². The van der Waals surface area contributed by atoms with Crippen LogP contribution in [-0.2, 0) is 5.66 Å². The van der Waals surface area contributed by atoms with Crippen molar-refractivity contribution < 1.29 is 0 Å². The number of thioether (sulfide) groups is 1. The zero-order valence-corrected chi connectivity index (χ0v) is 23.6. The average molecular weight is 589 g/mol. The molecular formula is C34H26BrN3S. The fourth-order valence-corrected chi connectivity index (χ4v) is 7.88. The summed E-state index contributed by atoms with van der Waals surface area (Å²) >= 11 is 5.82. The first kappa shape index (κ1) is 24.3. The summed E-state index contributed by atoms with van der Waals surface area (Å²) in [5.41, 5.74) is 5.21. The van der Waals surface area contributed by atoms with Crippen LogP contribution in [0.1, 0.15) is 28.4 Å². The number of fused-ring (bicyclic) bond motifs is 3. The second-order valence-corrected chi connectivity index (χ2v) is 11.9. The maximum Gasteiger partial charge on any atom is 0.167 e. The summed E-state index contributed by atoms with van der Waals surface area (Å²) in [7, 11) is 0. The molecule has 0 radical (unpaired) electrons. The Kier molecular flexibility index (Phi) is 6.26.